The molecular formula is C15H21N3. The lowest BCUT2D eigenvalue weighted by molar-refractivity contribution is 0.614. The quantitative estimate of drug-likeness (QED) is 0.790. The van der Waals surface area contributed by atoms with Crippen LogP contribution in [0.1, 0.15) is 26.1 Å². The van der Waals surface area contributed by atoms with Crippen molar-refractivity contribution in [2.75, 3.05) is 6.54 Å². The van der Waals surface area contributed by atoms with Crippen LogP contribution in [0.25, 0.3) is 11.0 Å². The predicted molar refractivity (Wildman–Crippen MR) is 76.5 cm³/mol. The molecule has 3 heteroatoms. The molecule has 0 spiro atoms. The summed E-state index contributed by atoms with van der Waals surface area (Å²) in [6, 6.07) is 8.32. The van der Waals surface area contributed by atoms with Crippen molar-refractivity contribution in [2.24, 2.45) is 0 Å². The minimum absolute atomic E-state index is 0.793. The third-order valence-electron chi connectivity index (χ3n) is 2.89. The first-order valence-corrected chi connectivity index (χ1v) is 6.51. The smallest absolute Gasteiger partial charge is 0.123 e. The minimum Gasteiger partial charge on any atom is -0.327 e. The summed E-state index contributed by atoms with van der Waals surface area (Å²) in [6.45, 7) is 10.8. The van der Waals surface area contributed by atoms with Crippen molar-refractivity contribution in [1.29, 1.82) is 0 Å². The maximum Gasteiger partial charge on any atom is 0.123 e. The number of fused-ring (bicyclic) bond motifs is 1. The maximum absolute atomic E-state index is 4.70. The van der Waals surface area contributed by atoms with Crippen molar-refractivity contribution in [2.45, 2.75) is 33.4 Å². The largest absolute Gasteiger partial charge is 0.327 e. The summed E-state index contributed by atoms with van der Waals surface area (Å²) in [5, 5.41) is 3.38. The molecule has 0 unspecified atom stereocenters. The number of benzene rings is 1. The Kier molecular flexibility index (Phi) is 4.15. The van der Waals surface area contributed by atoms with Crippen LogP contribution < -0.4 is 5.32 Å². The van der Waals surface area contributed by atoms with Crippen LogP contribution in [0.15, 0.2) is 36.4 Å². The summed E-state index contributed by atoms with van der Waals surface area (Å²) in [7, 11) is 0. The molecule has 1 N–H and O–H groups in total. The third-order valence-corrected chi connectivity index (χ3v) is 2.89. The highest BCUT2D eigenvalue weighted by molar-refractivity contribution is 5.75. The molecule has 0 saturated carbocycles. The molecule has 1 heterocycles. The number of imidazole rings is 1. The van der Waals surface area contributed by atoms with Crippen molar-refractivity contribution >= 4 is 11.0 Å². The summed E-state index contributed by atoms with van der Waals surface area (Å²) in [4.78, 5) is 4.70. The fourth-order valence-corrected chi connectivity index (χ4v) is 2.12. The number of para-hydroxylation sites is 2. The van der Waals surface area contributed by atoms with Crippen LogP contribution in [0.4, 0.5) is 0 Å². The molecule has 0 bridgehead atoms. The number of nitrogens with zero attached hydrogens (tertiary/aromatic N) is 2. The second kappa shape index (κ2) is 5.83. The van der Waals surface area contributed by atoms with Crippen molar-refractivity contribution in [3.63, 3.8) is 0 Å². The summed E-state index contributed by atoms with van der Waals surface area (Å²) in [5.74, 6) is 1.11. The van der Waals surface area contributed by atoms with Gasteiger partial charge in [0.05, 0.1) is 17.6 Å². The molecule has 1 aromatic carbocycles. The summed E-state index contributed by atoms with van der Waals surface area (Å²) >= 11 is 0. The van der Waals surface area contributed by atoms with E-state index < -0.39 is 0 Å². The van der Waals surface area contributed by atoms with Gasteiger partial charge in [-0.2, -0.15) is 0 Å². The van der Waals surface area contributed by atoms with Gasteiger partial charge in [-0.15, -0.1) is 0 Å². The molecule has 2 aromatic rings. The van der Waals surface area contributed by atoms with Gasteiger partial charge in [-0.25, -0.2) is 4.98 Å². The average molecular weight is 243 g/mol. The third kappa shape index (κ3) is 2.79. The molecule has 3 nitrogen and oxygen atoms in total. The van der Waals surface area contributed by atoms with Gasteiger partial charge in [0.15, 0.2) is 0 Å². The van der Waals surface area contributed by atoms with Gasteiger partial charge in [0, 0.05) is 13.1 Å². The van der Waals surface area contributed by atoms with E-state index in [0.717, 1.165) is 43.0 Å². The Labute approximate surface area is 109 Å². The Hall–Kier alpha value is -1.61. The van der Waals surface area contributed by atoms with Gasteiger partial charge < -0.3 is 9.88 Å². The van der Waals surface area contributed by atoms with Crippen molar-refractivity contribution < 1.29 is 0 Å². The Morgan fingerprint density at radius 2 is 2.17 bits per heavy atom. The van der Waals surface area contributed by atoms with Crippen molar-refractivity contribution in [1.82, 2.24) is 14.9 Å². The molecule has 0 aliphatic heterocycles. The Balaban J connectivity index is 2.24. The highest BCUT2D eigenvalue weighted by atomic mass is 15.1. The van der Waals surface area contributed by atoms with E-state index in [1.54, 1.807) is 0 Å². The number of hydrogen-bond donors (Lipinski definition) is 1. The number of aryl methyl sites for hydroxylation is 1. The maximum atomic E-state index is 4.70. The second-order valence-corrected chi connectivity index (χ2v) is 4.73. The van der Waals surface area contributed by atoms with Crippen LogP contribution in [0.3, 0.4) is 0 Å². The van der Waals surface area contributed by atoms with Crippen LogP contribution in [-0.2, 0) is 13.1 Å². The van der Waals surface area contributed by atoms with E-state index in [0.29, 0.717) is 0 Å². The molecule has 0 saturated heterocycles. The highest BCUT2D eigenvalue weighted by Crippen LogP contribution is 2.16. The van der Waals surface area contributed by atoms with Crippen molar-refractivity contribution in [3.05, 3.63) is 42.2 Å². The monoisotopic (exact) mass is 243 g/mol. The molecular weight excluding hydrogens is 222 g/mol. The van der Waals surface area contributed by atoms with Gasteiger partial charge in [-0.1, -0.05) is 31.2 Å². The minimum atomic E-state index is 0.793. The lowest BCUT2D eigenvalue weighted by Gasteiger charge is -2.08. The van der Waals surface area contributed by atoms with E-state index in [2.05, 4.69) is 41.6 Å². The molecule has 18 heavy (non-hydrogen) atoms. The fraction of sp³-hybridized carbons (Fsp3) is 0.400. The van der Waals surface area contributed by atoms with Gasteiger partial charge in [0.1, 0.15) is 5.82 Å². The average Bonchev–Trinajstić information content (AvgIpc) is 2.68. The van der Waals surface area contributed by atoms with E-state index in [4.69, 9.17) is 4.98 Å². The van der Waals surface area contributed by atoms with Crippen LogP contribution in [0.2, 0.25) is 0 Å². The summed E-state index contributed by atoms with van der Waals surface area (Å²) < 4.78 is 2.31. The van der Waals surface area contributed by atoms with Crippen LogP contribution >= 0.6 is 0 Å². The zero-order chi connectivity index (χ0) is 13.0. The van der Waals surface area contributed by atoms with E-state index in [9.17, 15) is 0 Å². The van der Waals surface area contributed by atoms with Gasteiger partial charge in [0.2, 0.25) is 0 Å². The van der Waals surface area contributed by atoms with E-state index in [1.807, 2.05) is 13.0 Å². The second-order valence-electron chi connectivity index (χ2n) is 4.73. The van der Waals surface area contributed by atoms with Crippen LogP contribution in [-0.4, -0.2) is 16.1 Å². The van der Waals surface area contributed by atoms with Crippen LogP contribution in [0.5, 0.6) is 0 Å². The molecule has 0 aliphatic rings. The molecule has 0 radical (unpaired) electrons. The number of hydrogen-bond acceptors (Lipinski definition) is 2. The fourth-order valence-electron chi connectivity index (χ4n) is 2.12. The molecule has 0 fully saturated rings. The lowest BCUT2D eigenvalue weighted by atomic mass is 10.3. The molecule has 96 valence electrons. The molecule has 0 aliphatic carbocycles. The molecule has 1 aromatic heterocycles. The first kappa shape index (κ1) is 12.8. The molecule has 0 atom stereocenters. The van der Waals surface area contributed by atoms with E-state index in [1.165, 1.54) is 5.52 Å². The topological polar surface area (TPSA) is 29.9 Å². The Morgan fingerprint density at radius 3 is 2.89 bits per heavy atom. The SMILES string of the molecule is C=C(C)CNCc1nc2ccccc2n1CCC. The standard InChI is InChI=1S/C15H21N3/c1-4-9-18-14-8-6-5-7-13(14)17-15(18)11-16-10-12(2)3/h5-8,16H,2,4,9-11H2,1,3H3. The Morgan fingerprint density at radius 1 is 1.39 bits per heavy atom. The normalized spacial score (nSPS) is 11.0. The first-order valence-electron chi connectivity index (χ1n) is 6.51. The van der Waals surface area contributed by atoms with Crippen LogP contribution in [0, 0.1) is 0 Å². The summed E-state index contributed by atoms with van der Waals surface area (Å²) in [6.07, 6.45) is 1.12. The predicted octanol–water partition coefficient (Wildman–Crippen LogP) is 3.11. The zero-order valence-corrected chi connectivity index (χ0v) is 11.2. The Bertz CT molecular complexity index is 540. The lowest BCUT2D eigenvalue weighted by Crippen LogP contribution is -2.18. The number of nitrogens with one attached hydrogen (secondary N) is 1. The first-order chi connectivity index (χ1) is 8.72. The highest BCUT2D eigenvalue weighted by Gasteiger charge is 2.08. The zero-order valence-electron chi connectivity index (χ0n) is 11.2. The number of aromatic nitrogens is 2. The molecule has 2 rings (SSSR count). The van der Waals surface area contributed by atoms with Gasteiger partial charge in [-0.3, -0.25) is 0 Å². The van der Waals surface area contributed by atoms with Gasteiger partial charge in [-0.05, 0) is 25.5 Å². The van der Waals surface area contributed by atoms with E-state index >= 15 is 0 Å². The van der Waals surface area contributed by atoms with Gasteiger partial charge >= 0.3 is 0 Å². The van der Waals surface area contributed by atoms with Gasteiger partial charge in [0.25, 0.3) is 0 Å². The van der Waals surface area contributed by atoms with Crippen molar-refractivity contribution in [3.8, 4) is 0 Å². The molecule has 0 amide bonds. The summed E-state index contributed by atoms with van der Waals surface area (Å²) in [5.41, 5.74) is 3.46. The van der Waals surface area contributed by atoms with E-state index in [-0.39, 0.29) is 0 Å². The number of rotatable bonds is 6.